The summed E-state index contributed by atoms with van der Waals surface area (Å²) in [6, 6.07) is 7.67. The summed E-state index contributed by atoms with van der Waals surface area (Å²) in [5.74, 6) is -0.954. The van der Waals surface area contributed by atoms with Gasteiger partial charge in [0.05, 0.1) is 30.6 Å². The molecule has 0 saturated heterocycles. The monoisotopic (exact) mass is 334 g/mol. The molecule has 24 heavy (non-hydrogen) atoms. The number of carbonyl (C=O) groups is 2. The first-order valence-corrected chi connectivity index (χ1v) is 7.18. The lowest BCUT2D eigenvalue weighted by molar-refractivity contribution is -0.384. The second-order valence-electron chi connectivity index (χ2n) is 5.15. The van der Waals surface area contributed by atoms with Crippen molar-refractivity contribution in [1.29, 1.82) is 5.26 Å². The van der Waals surface area contributed by atoms with E-state index < -0.39 is 22.3 Å². The predicted octanol–water partition coefficient (Wildman–Crippen LogP) is 2.26. The number of esters is 2. The van der Waals surface area contributed by atoms with Crippen LogP contribution in [0.5, 0.6) is 0 Å². The van der Waals surface area contributed by atoms with Gasteiger partial charge in [-0.15, -0.1) is 0 Å². The molecule has 1 aromatic carbocycles. The van der Waals surface area contributed by atoms with Gasteiger partial charge < -0.3 is 9.47 Å². The molecule has 0 spiro atoms. The molecule has 0 aromatic heterocycles. The van der Waals surface area contributed by atoms with Crippen molar-refractivity contribution < 1.29 is 24.0 Å². The van der Waals surface area contributed by atoms with E-state index in [0.29, 0.717) is 5.56 Å². The van der Waals surface area contributed by atoms with Crippen molar-refractivity contribution in [1.82, 2.24) is 0 Å². The van der Waals surface area contributed by atoms with Crippen LogP contribution < -0.4 is 0 Å². The molecule has 0 aliphatic heterocycles. The van der Waals surface area contributed by atoms with Gasteiger partial charge in [0.2, 0.25) is 0 Å². The lowest BCUT2D eigenvalue weighted by Crippen LogP contribution is -2.27. The Hall–Kier alpha value is -2.95. The molecule has 0 amide bonds. The maximum Gasteiger partial charge on any atom is 0.305 e. The van der Waals surface area contributed by atoms with E-state index in [1.165, 1.54) is 38.5 Å². The smallest absolute Gasteiger partial charge is 0.305 e. The van der Waals surface area contributed by atoms with Crippen molar-refractivity contribution in [3.05, 3.63) is 39.9 Å². The maximum atomic E-state index is 11.4. The summed E-state index contributed by atoms with van der Waals surface area (Å²) in [4.78, 5) is 33.1. The fourth-order valence-electron chi connectivity index (χ4n) is 2.33. The molecule has 8 heteroatoms. The summed E-state index contributed by atoms with van der Waals surface area (Å²) < 4.78 is 9.19. The molecule has 0 atom stereocenters. The fraction of sp³-hybridized carbons (Fsp3) is 0.438. The van der Waals surface area contributed by atoms with Crippen LogP contribution >= 0.6 is 0 Å². The highest BCUT2D eigenvalue weighted by Gasteiger charge is 2.34. The zero-order valence-electron chi connectivity index (χ0n) is 13.5. The van der Waals surface area contributed by atoms with Crippen LogP contribution in [0.15, 0.2) is 24.3 Å². The summed E-state index contributed by atoms with van der Waals surface area (Å²) >= 11 is 0. The van der Waals surface area contributed by atoms with E-state index in [1.54, 1.807) is 0 Å². The Morgan fingerprint density at radius 2 is 1.58 bits per heavy atom. The van der Waals surface area contributed by atoms with Gasteiger partial charge in [0.25, 0.3) is 5.69 Å². The van der Waals surface area contributed by atoms with Gasteiger partial charge in [0, 0.05) is 25.0 Å². The zero-order chi connectivity index (χ0) is 18.2. The van der Waals surface area contributed by atoms with Crippen LogP contribution in [0.1, 0.15) is 31.2 Å². The average Bonchev–Trinajstić information content (AvgIpc) is 2.61. The van der Waals surface area contributed by atoms with Crippen molar-refractivity contribution in [3.8, 4) is 6.07 Å². The third-order valence-electron chi connectivity index (χ3n) is 3.81. The number of carbonyl (C=O) groups excluding carboxylic acids is 2. The molecule has 0 N–H and O–H groups in total. The highest BCUT2D eigenvalue weighted by atomic mass is 16.6. The van der Waals surface area contributed by atoms with E-state index in [2.05, 4.69) is 15.5 Å². The molecule has 128 valence electrons. The number of non-ortho nitro benzene ring substituents is 1. The molecule has 0 heterocycles. The summed E-state index contributed by atoms with van der Waals surface area (Å²) in [5.41, 5.74) is -0.743. The largest absolute Gasteiger partial charge is 0.469 e. The highest BCUT2D eigenvalue weighted by molar-refractivity contribution is 5.70. The standard InChI is InChI=1S/C16H18N2O6/c1-23-14(19)7-9-16(11-17,10-8-15(20)24-2)12-3-5-13(6-4-12)18(21)22/h3-6H,7-10H2,1-2H3. The third-order valence-corrected chi connectivity index (χ3v) is 3.81. The van der Waals surface area contributed by atoms with Crippen molar-refractivity contribution >= 4 is 17.6 Å². The van der Waals surface area contributed by atoms with E-state index in [1.807, 2.05) is 0 Å². The van der Waals surface area contributed by atoms with Crippen LogP contribution in [0, 0.1) is 21.4 Å². The summed E-state index contributed by atoms with van der Waals surface area (Å²) in [7, 11) is 2.49. The Kier molecular flexibility index (Phi) is 6.86. The Morgan fingerprint density at radius 3 is 1.92 bits per heavy atom. The van der Waals surface area contributed by atoms with Crippen LogP contribution in [0.4, 0.5) is 5.69 Å². The van der Waals surface area contributed by atoms with Gasteiger partial charge in [-0.25, -0.2) is 0 Å². The Balaban J connectivity index is 3.13. The van der Waals surface area contributed by atoms with Gasteiger partial charge in [-0.05, 0) is 18.4 Å². The molecule has 0 saturated carbocycles. The molecule has 8 nitrogen and oxygen atoms in total. The first-order valence-electron chi connectivity index (χ1n) is 7.18. The number of nitro benzene ring substituents is 1. The second kappa shape index (κ2) is 8.62. The number of ether oxygens (including phenoxy) is 2. The number of benzene rings is 1. The average molecular weight is 334 g/mol. The van der Waals surface area contributed by atoms with Crippen LogP contribution in [-0.4, -0.2) is 31.1 Å². The van der Waals surface area contributed by atoms with Gasteiger partial charge >= 0.3 is 11.9 Å². The normalized spacial score (nSPS) is 10.5. The number of nitriles is 1. The van der Waals surface area contributed by atoms with Crippen LogP contribution in [0.2, 0.25) is 0 Å². The number of nitrogens with zero attached hydrogens (tertiary/aromatic N) is 2. The number of hydrogen-bond acceptors (Lipinski definition) is 7. The minimum atomic E-state index is -1.14. The lowest BCUT2D eigenvalue weighted by atomic mass is 9.74. The van der Waals surface area contributed by atoms with Crippen molar-refractivity contribution in [2.75, 3.05) is 14.2 Å². The lowest BCUT2D eigenvalue weighted by Gasteiger charge is -2.26. The molecular weight excluding hydrogens is 316 g/mol. The SMILES string of the molecule is COC(=O)CCC(C#N)(CCC(=O)OC)c1ccc([N+](=O)[O-])cc1. The van der Waals surface area contributed by atoms with Gasteiger partial charge in [-0.1, -0.05) is 12.1 Å². The van der Waals surface area contributed by atoms with Gasteiger partial charge in [0.1, 0.15) is 0 Å². The third kappa shape index (κ3) is 4.78. The van der Waals surface area contributed by atoms with E-state index >= 15 is 0 Å². The number of nitro groups is 1. The van der Waals surface area contributed by atoms with Crippen molar-refractivity contribution in [2.45, 2.75) is 31.1 Å². The van der Waals surface area contributed by atoms with Crippen molar-refractivity contribution in [3.63, 3.8) is 0 Å². The zero-order valence-corrected chi connectivity index (χ0v) is 13.5. The minimum absolute atomic E-state index is 0.0117. The van der Waals surface area contributed by atoms with E-state index in [0.717, 1.165) is 0 Å². The van der Waals surface area contributed by atoms with E-state index in [9.17, 15) is 25.0 Å². The molecule has 0 fully saturated rings. The Labute approximate surface area is 139 Å². The van der Waals surface area contributed by atoms with Gasteiger partial charge in [0.15, 0.2) is 0 Å². The fourth-order valence-corrected chi connectivity index (χ4v) is 2.33. The summed E-state index contributed by atoms with van der Waals surface area (Å²) in [6.07, 6.45) is 0.237. The number of hydrogen-bond donors (Lipinski definition) is 0. The van der Waals surface area contributed by atoms with Crippen LogP contribution in [0.3, 0.4) is 0 Å². The molecule has 0 radical (unpaired) electrons. The van der Waals surface area contributed by atoms with Gasteiger partial charge in [-0.2, -0.15) is 5.26 Å². The summed E-state index contributed by atoms with van der Waals surface area (Å²) in [5, 5.41) is 20.4. The predicted molar refractivity (Wildman–Crippen MR) is 82.9 cm³/mol. The molecule has 0 unspecified atom stereocenters. The molecule has 1 aromatic rings. The van der Waals surface area contributed by atoms with E-state index in [4.69, 9.17) is 0 Å². The topological polar surface area (TPSA) is 120 Å². The maximum absolute atomic E-state index is 11.4. The van der Waals surface area contributed by atoms with Crippen molar-refractivity contribution in [2.24, 2.45) is 0 Å². The molecule has 0 aliphatic rings. The van der Waals surface area contributed by atoms with E-state index in [-0.39, 0.29) is 31.4 Å². The van der Waals surface area contributed by atoms with Crippen LogP contribution in [-0.2, 0) is 24.5 Å². The number of methoxy groups -OCH3 is 2. The first kappa shape index (κ1) is 19.1. The molecule has 0 aliphatic carbocycles. The van der Waals surface area contributed by atoms with Crippen LogP contribution in [0.25, 0.3) is 0 Å². The molecule has 0 bridgehead atoms. The minimum Gasteiger partial charge on any atom is -0.469 e. The highest BCUT2D eigenvalue weighted by Crippen LogP contribution is 2.35. The molecular formula is C16H18N2O6. The summed E-state index contributed by atoms with van der Waals surface area (Å²) in [6.45, 7) is 0. The first-order chi connectivity index (χ1) is 11.4. The quantitative estimate of drug-likeness (QED) is 0.406. The molecule has 1 rings (SSSR count). The second-order valence-corrected chi connectivity index (χ2v) is 5.15. The van der Waals surface area contributed by atoms with Gasteiger partial charge in [-0.3, -0.25) is 19.7 Å². The Bertz CT molecular complexity index is 628. The Morgan fingerprint density at radius 1 is 1.12 bits per heavy atom. The number of rotatable bonds is 8.